The van der Waals surface area contributed by atoms with E-state index < -0.39 is 0 Å². The number of ether oxygens (including phenoxy) is 1. The van der Waals surface area contributed by atoms with Crippen LogP contribution in [0.3, 0.4) is 0 Å². The lowest BCUT2D eigenvalue weighted by molar-refractivity contribution is -0.139. The van der Waals surface area contributed by atoms with Crippen LogP contribution in [0.2, 0.25) is 0 Å². The minimum atomic E-state index is -0.213. The van der Waals surface area contributed by atoms with Gasteiger partial charge in [-0.15, -0.1) is 0 Å². The maximum absolute atomic E-state index is 12.9. The summed E-state index contributed by atoms with van der Waals surface area (Å²) in [5.74, 6) is 0.921. The monoisotopic (exact) mass is 432 g/mol. The molecule has 3 aromatic heterocycles. The molecule has 1 fully saturated rings. The van der Waals surface area contributed by atoms with Gasteiger partial charge in [0.15, 0.2) is 0 Å². The van der Waals surface area contributed by atoms with Crippen molar-refractivity contribution in [1.82, 2.24) is 25.1 Å². The predicted molar refractivity (Wildman–Crippen MR) is 121 cm³/mol. The third-order valence-electron chi connectivity index (χ3n) is 6.19. The van der Waals surface area contributed by atoms with Crippen molar-refractivity contribution in [3.63, 3.8) is 0 Å². The second-order valence-electron chi connectivity index (χ2n) is 8.35. The van der Waals surface area contributed by atoms with Gasteiger partial charge >= 0.3 is 0 Å². The minimum absolute atomic E-state index is 0.152. The Morgan fingerprint density at radius 1 is 1.19 bits per heavy atom. The lowest BCUT2D eigenvalue weighted by atomic mass is 9.94. The molecule has 0 radical (unpaired) electrons. The highest BCUT2D eigenvalue weighted by Gasteiger charge is 2.26. The van der Waals surface area contributed by atoms with Crippen LogP contribution in [-0.2, 0) is 28.8 Å². The Kier molecular flexibility index (Phi) is 6.11. The maximum Gasteiger partial charge on any atom is 0.223 e. The standard InChI is InChI=1S/C24H28N6O2/c31-24(11-10-20-18-5-1-2-6-19(18)28-29-20)30-13-14-32-22(16-30)21-9-8-17(15-26-21)27-23-7-3-4-12-25-23/h3-4,7-9,12,15,22H,1-2,5-6,10-11,13-14,16H2,(H,25,27)(H,28,29). The smallest absolute Gasteiger partial charge is 0.223 e. The molecule has 1 atom stereocenters. The quantitative estimate of drug-likeness (QED) is 0.620. The van der Waals surface area contributed by atoms with E-state index in [1.165, 1.54) is 24.1 Å². The molecule has 0 aromatic carbocycles. The van der Waals surface area contributed by atoms with E-state index in [4.69, 9.17) is 4.74 Å². The minimum Gasteiger partial charge on any atom is -0.368 e. The first kappa shape index (κ1) is 20.6. The summed E-state index contributed by atoms with van der Waals surface area (Å²) < 4.78 is 5.92. The van der Waals surface area contributed by atoms with Crippen LogP contribution in [0.15, 0.2) is 42.7 Å². The molecule has 1 amide bonds. The molecular weight excluding hydrogens is 404 g/mol. The Labute approximate surface area is 187 Å². The lowest BCUT2D eigenvalue weighted by Crippen LogP contribution is -2.42. The van der Waals surface area contributed by atoms with Gasteiger partial charge in [-0.3, -0.25) is 14.9 Å². The normalized spacial score (nSPS) is 18.2. The second kappa shape index (κ2) is 9.48. The number of carbonyl (C=O) groups is 1. The molecule has 2 N–H and O–H groups in total. The Balaban J connectivity index is 1.17. The molecule has 1 saturated heterocycles. The van der Waals surface area contributed by atoms with Crippen molar-refractivity contribution in [1.29, 1.82) is 0 Å². The molecule has 3 aromatic rings. The molecule has 0 saturated carbocycles. The summed E-state index contributed by atoms with van der Waals surface area (Å²) in [5.41, 5.74) is 5.36. The maximum atomic E-state index is 12.9. The fourth-order valence-electron chi connectivity index (χ4n) is 4.45. The molecule has 166 valence electrons. The van der Waals surface area contributed by atoms with Crippen LogP contribution in [0.5, 0.6) is 0 Å². The Morgan fingerprint density at radius 3 is 2.97 bits per heavy atom. The van der Waals surface area contributed by atoms with Crippen LogP contribution in [-0.4, -0.2) is 50.7 Å². The summed E-state index contributed by atoms with van der Waals surface area (Å²) in [6, 6.07) is 9.62. The highest BCUT2D eigenvalue weighted by atomic mass is 16.5. The summed E-state index contributed by atoms with van der Waals surface area (Å²) >= 11 is 0. The Hall–Kier alpha value is -3.26. The van der Waals surface area contributed by atoms with Gasteiger partial charge in [-0.1, -0.05) is 6.07 Å². The molecule has 8 nitrogen and oxygen atoms in total. The van der Waals surface area contributed by atoms with Gasteiger partial charge in [-0.05, 0) is 55.5 Å². The van der Waals surface area contributed by atoms with Crippen molar-refractivity contribution in [2.75, 3.05) is 25.0 Å². The molecule has 1 unspecified atom stereocenters. The number of pyridine rings is 2. The zero-order valence-corrected chi connectivity index (χ0v) is 18.1. The lowest BCUT2D eigenvalue weighted by Gasteiger charge is -2.32. The van der Waals surface area contributed by atoms with Crippen molar-refractivity contribution in [2.45, 2.75) is 44.6 Å². The van der Waals surface area contributed by atoms with Gasteiger partial charge in [0.1, 0.15) is 11.9 Å². The van der Waals surface area contributed by atoms with E-state index in [1.807, 2.05) is 35.2 Å². The highest BCUT2D eigenvalue weighted by Crippen LogP contribution is 2.25. The van der Waals surface area contributed by atoms with Crippen molar-refractivity contribution in [3.05, 3.63) is 65.4 Å². The number of morpholine rings is 1. The first-order valence-electron chi connectivity index (χ1n) is 11.3. The van der Waals surface area contributed by atoms with Crippen molar-refractivity contribution in [3.8, 4) is 0 Å². The summed E-state index contributed by atoms with van der Waals surface area (Å²) in [7, 11) is 0. The molecule has 1 aliphatic heterocycles. The van der Waals surface area contributed by atoms with Gasteiger partial charge < -0.3 is 15.0 Å². The number of aromatic amines is 1. The van der Waals surface area contributed by atoms with Gasteiger partial charge in [0.05, 0.1) is 36.4 Å². The molecule has 0 spiro atoms. The third-order valence-corrected chi connectivity index (χ3v) is 6.19. The zero-order valence-electron chi connectivity index (χ0n) is 18.1. The summed E-state index contributed by atoms with van der Waals surface area (Å²) in [6.45, 7) is 1.66. The van der Waals surface area contributed by atoms with E-state index in [-0.39, 0.29) is 12.0 Å². The number of rotatable bonds is 6. The number of aryl methyl sites for hydroxylation is 2. The first-order valence-corrected chi connectivity index (χ1v) is 11.3. The second-order valence-corrected chi connectivity index (χ2v) is 8.35. The number of hydrogen-bond donors (Lipinski definition) is 2. The van der Waals surface area contributed by atoms with E-state index in [2.05, 4.69) is 25.5 Å². The fourth-order valence-corrected chi connectivity index (χ4v) is 4.45. The number of carbonyl (C=O) groups excluding carboxylic acids is 1. The molecule has 8 heteroatoms. The molecule has 32 heavy (non-hydrogen) atoms. The SMILES string of the molecule is O=C(CCc1n[nH]c2c1CCCC2)N1CCOC(c2ccc(Nc3ccccn3)cn2)C1. The van der Waals surface area contributed by atoms with Crippen LogP contribution >= 0.6 is 0 Å². The number of H-pyrrole nitrogens is 1. The van der Waals surface area contributed by atoms with E-state index in [0.29, 0.717) is 32.5 Å². The Bertz CT molecular complexity index is 1050. The molecular formula is C24H28N6O2. The van der Waals surface area contributed by atoms with Crippen LogP contribution in [0.25, 0.3) is 0 Å². The topological polar surface area (TPSA) is 96.0 Å². The number of fused-ring (bicyclic) bond motifs is 1. The Morgan fingerprint density at radius 2 is 2.12 bits per heavy atom. The summed E-state index contributed by atoms with van der Waals surface area (Å²) in [6.07, 6.45) is 9.05. The van der Waals surface area contributed by atoms with E-state index in [9.17, 15) is 4.79 Å². The van der Waals surface area contributed by atoms with Crippen molar-refractivity contribution >= 4 is 17.4 Å². The summed E-state index contributed by atoms with van der Waals surface area (Å²) in [4.78, 5) is 23.6. The first-order chi connectivity index (χ1) is 15.8. The van der Waals surface area contributed by atoms with E-state index in [1.54, 1.807) is 12.4 Å². The average molecular weight is 433 g/mol. The van der Waals surface area contributed by atoms with E-state index >= 15 is 0 Å². The number of hydrogen-bond acceptors (Lipinski definition) is 6. The van der Waals surface area contributed by atoms with Crippen LogP contribution < -0.4 is 5.32 Å². The van der Waals surface area contributed by atoms with Crippen molar-refractivity contribution < 1.29 is 9.53 Å². The number of anilines is 2. The number of amides is 1. The largest absolute Gasteiger partial charge is 0.368 e. The highest BCUT2D eigenvalue weighted by molar-refractivity contribution is 5.76. The van der Waals surface area contributed by atoms with Gasteiger partial charge in [-0.25, -0.2) is 4.98 Å². The van der Waals surface area contributed by atoms with Gasteiger partial charge in [0, 0.05) is 31.3 Å². The zero-order chi connectivity index (χ0) is 21.8. The van der Waals surface area contributed by atoms with Gasteiger partial charge in [0.25, 0.3) is 0 Å². The summed E-state index contributed by atoms with van der Waals surface area (Å²) in [5, 5.41) is 10.9. The van der Waals surface area contributed by atoms with E-state index in [0.717, 1.165) is 35.7 Å². The molecule has 4 heterocycles. The molecule has 1 aliphatic carbocycles. The third kappa shape index (κ3) is 4.65. The van der Waals surface area contributed by atoms with Crippen LogP contribution in [0.1, 0.15) is 48.0 Å². The predicted octanol–water partition coefficient (Wildman–Crippen LogP) is 3.35. The molecule has 5 rings (SSSR count). The number of nitrogens with one attached hydrogen (secondary N) is 2. The fraction of sp³-hybridized carbons (Fsp3) is 0.417. The number of nitrogens with zero attached hydrogens (tertiary/aromatic N) is 4. The molecule has 2 aliphatic rings. The van der Waals surface area contributed by atoms with Gasteiger partial charge in [-0.2, -0.15) is 5.10 Å². The van der Waals surface area contributed by atoms with Crippen LogP contribution in [0.4, 0.5) is 11.5 Å². The average Bonchev–Trinajstić information content (AvgIpc) is 3.27. The number of aromatic nitrogens is 4. The molecule has 0 bridgehead atoms. The van der Waals surface area contributed by atoms with Gasteiger partial charge in [0.2, 0.25) is 5.91 Å². The van der Waals surface area contributed by atoms with Crippen molar-refractivity contribution in [2.24, 2.45) is 0 Å². The van der Waals surface area contributed by atoms with Crippen LogP contribution in [0, 0.1) is 0 Å².